The van der Waals surface area contributed by atoms with Crippen molar-refractivity contribution in [1.82, 2.24) is 5.32 Å². The summed E-state index contributed by atoms with van der Waals surface area (Å²) >= 11 is 7.52. The Balaban J connectivity index is 1.67. The molecule has 2 amide bonds. The molecule has 2 aromatic carbocycles. The number of phosphoric ester groups is 1. The Morgan fingerprint density at radius 3 is 2.51 bits per heavy atom. The van der Waals surface area contributed by atoms with Crippen LogP contribution in [0.25, 0.3) is 0 Å². The topological polar surface area (TPSA) is 100 Å². The number of imide groups is 1. The number of rotatable bonds is 11. The van der Waals surface area contributed by atoms with E-state index in [1.54, 1.807) is 36.4 Å². The van der Waals surface area contributed by atoms with Gasteiger partial charge in [0.05, 0.1) is 18.5 Å². The normalized spacial score (nSPS) is 18.3. The highest BCUT2D eigenvalue weighted by atomic mass is 35.5. The number of benzene rings is 2. The lowest BCUT2D eigenvalue weighted by Crippen LogP contribution is -2.32. The van der Waals surface area contributed by atoms with Gasteiger partial charge in [-0.25, -0.2) is 4.57 Å². The number of hydrogen-bond acceptors (Lipinski definition) is 8. The van der Waals surface area contributed by atoms with Crippen molar-refractivity contribution in [3.8, 4) is 5.75 Å². The van der Waals surface area contributed by atoms with E-state index in [0.717, 1.165) is 5.56 Å². The molecule has 0 aromatic heterocycles. The zero-order chi connectivity index (χ0) is 25.5. The monoisotopic (exact) mass is 541 g/mol. The maximum absolute atomic E-state index is 13.1. The van der Waals surface area contributed by atoms with Gasteiger partial charge in [0, 0.05) is 10.4 Å². The SMILES string of the molecule is CSC(Cc1ccc(OCC(OP2(=O)OCC(C)(C)CO2)c2cccc(Cl)c2)cc1)C(=O)NC=O. The van der Waals surface area contributed by atoms with Crippen molar-refractivity contribution in [2.24, 2.45) is 5.41 Å². The first-order chi connectivity index (χ1) is 16.6. The van der Waals surface area contributed by atoms with Crippen LogP contribution in [-0.2, 0) is 34.1 Å². The molecule has 1 saturated heterocycles. The van der Waals surface area contributed by atoms with E-state index < -0.39 is 13.9 Å². The predicted octanol–water partition coefficient (Wildman–Crippen LogP) is 5.20. The van der Waals surface area contributed by atoms with Crippen molar-refractivity contribution in [3.05, 3.63) is 64.7 Å². The highest BCUT2D eigenvalue weighted by Crippen LogP contribution is 2.57. The van der Waals surface area contributed by atoms with Gasteiger partial charge in [-0.05, 0) is 48.1 Å². The smallest absolute Gasteiger partial charge is 0.475 e. The van der Waals surface area contributed by atoms with Crippen LogP contribution in [0.5, 0.6) is 5.75 Å². The number of nitrogens with one attached hydrogen (secondary N) is 1. The van der Waals surface area contributed by atoms with Crippen molar-refractivity contribution in [3.63, 3.8) is 0 Å². The predicted molar refractivity (Wildman–Crippen MR) is 136 cm³/mol. The molecule has 2 aromatic rings. The van der Waals surface area contributed by atoms with Crippen LogP contribution in [0.15, 0.2) is 48.5 Å². The molecule has 2 unspecified atom stereocenters. The molecule has 1 N–H and O–H groups in total. The molecule has 2 atom stereocenters. The van der Waals surface area contributed by atoms with E-state index in [1.165, 1.54) is 11.8 Å². The molecule has 0 bridgehead atoms. The van der Waals surface area contributed by atoms with E-state index in [-0.39, 0.29) is 36.4 Å². The lowest BCUT2D eigenvalue weighted by Gasteiger charge is -2.34. The third-order valence-corrected chi connectivity index (χ3v) is 7.82. The third kappa shape index (κ3) is 8.34. The molecule has 1 heterocycles. The summed E-state index contributed by atoms with van der Waals surface area (Å²) in [5.41, 5.74) is 1.33. The second-order valence-electron chi connectivity index (χ2n) is 8.82. The molecule has 11 heteroatoms. The fourth-order valence-corrected chi connectivity index (χ4v) is 5.79. The molecular weight excluding hydrogens is 513 g/mol. The van der Waals surface area contributed by atoms with E-state index in [0.29, 0.717) is 29.2 Å². The Labute approximate surface area is 214 Å². The van der Waals surface area contributed by atoms with Gasteiger partial charge in [0.15, 0.2) is 0 Å². The molecule has 0 aliphatic carbocycles. The Bertz CT molecular complexity index is 1050. The zero-order valence-electron chi connectivity index (χ0n) is 19.8. The van der Waals surface area contributed by atoms with Crippen molar-refractivity contribution in [2.75, 3.05) is 26.1 Å². The van der Waals surface area contributed by atoms with Gasteiger partial charge in [0.25, 0.3) is 0 Å². The van der Waals surface area contributed by atoms with Gasteiger partial charge in [0.1, 0.15) is 18.5 Å². The molecule has 0 saturated carbocycles. The summed E-state index contributed by atoms with van der Waals surface area (Å²) in [6.07, 6.45) is 1.91. The van der Waals surface area contributed by atoms with Crippen LogP contribution in [0, 0.1) is 5.41 Å². The van der Waals surface area contributed by atoms with Crippen LogP contribution in [0.3, 0.4) is 0 Å². The maximum atomic E-state index is 13.1. The minimum Gasteiger partial charge on any atom is -0.491 e. The molecule has 1 aliphatic heterocycles. The Hall–Kier alpha value is -1.87. The zero-order valence-corrected chi connectivity index (χ0v) is 22.2. The molecule has 1 fully saturated rings. The van der Waals surface area contributed by atoms with Crippen LogP contribution < -0.4 is 10.1 Å². The summed E-state index contributed by atoms with van der Waals surface area (Å²) in [6, 6.07) is 14.3. The summed E-state index contributed by atoms with van der Waals surface area (Å²) in [6.45, 7) is 4.43. The molecule has 190 valence electrons. The summed E-state index contributed by atoms with van der Waals surface area (Å²) in [7, 11) is -3.78. The Morgan fingerprint density at radius 2 is 1.91 bits per heavy atom. The molecule has 0 spiro atoms. The van der Waals surface area contributed by atoms with Crippen molar-refractivity contribution in [2.45, 2.75) is 31.6 Å². The van der Waals surface area contributed by atoms with Gasteiger partial charge < -0.3 is 4.74 Å². The second-order valence-corrected chi connectivity index (χ2v) is 11.9. The minimum absolute atomic E-state index is 0.0367. The first-order valence-corrected chi connectivity index (χ1v) is 14.1. The van der Waals surface area contributed by atoms with Crippen LogP contribution in [0.2, 0.25) is 5.02 Å². The fourth-order valence-electron chi connectivity index (χ4n) is 3.24. The van der Waals surface area contributed by atoms with Gasteiger partial charge in [-0.1, -0.05) is 49.7 Å². The minimum atomic E-state index is -3.78. The second kappa shape index (κ2) is 12.4. The van der Waals surface area contributed by atoms with Crippen LogP contribution in [0.4, 0.5) is 0 Å². The number of phosphoric acid groups is 1. The number of thioether (sulfide) groups is 1. The first-order valence-electron chi connectivity index (χ1n) is 10.9. The van der Waals surface area contributed by atoms with E-state index in [4.69, 9.17) is 29.9 Å². The number of carbonyl (C=O) groups is 2. The number of ether oxygens (including phenoxy) is 1. The number of hydrogen-bond donors (Lipinski definition) is 1. The van der Waals surface area contributed by atoms with E-state index in [9.17, 15) is 14.2 Å². The summed E-state index contributed by atoms with van der Waals surface area (Å²) in [5.74, 6) is 0.229. The average Bonchev–Trinajstić information content (AvgIpc) is 2.83. The highest BCUT2D eigenvalue weighted by Gasteiger charge is 2.40. The largest absolute Gasteiger partial charge is 0.491 e. The molecule has 1 aliphatic rings. The van der Waals surface area contributed by atoms with Gasteiger partial charge in [-0.3, -0.25) is 28.5 Å². The van der Waals surface area contributed by atoms with Crippen molar-refractivity contribution >= 4 is 43.5 Å². The van der Waals surface area contributed by atoms with E-state index in [2.05, 4.69) is 5.32 Å². The molecule has 3 rings (SSSR count). The summed E-state index contributed by atoms with van der Waals surface area (Å²) < 4.78 is 35.8. The Morgan fingerprint density at radius 1 is 1.23 bits per heavy atom. The van der Waals surface area contributed by atoms with Crippen LogP contribution in [-0.4, -0.2) is 43.6 Å². The van der Waals surface area contributed by atoms with Gasteiger partial charge in [-0.2, -0.15) is 11.8 Å². The van der Waals surface area contributed by atoms with Gasteiger partial charge >= 0.3 is 7.82 Å². The number of carbonyl (C=O) groups excluding carboxylic acids is 2. The number of amides is 2. The van der Waals surface area contributed by atoms with E-state index >= 15 is 0 Å². The first kappa shape index (κ1) is 27.7. The molecule has 8 nitrogen and oxygen atoms in total. The fraction of sp³-hybridized carbons (Fsp3) is 0.417. The van der Waals surface area contributed by atoms with Gasteiger partial charge in [0.2, 0.25) is 12.3 Å². The third-order valence-electron chi connectivity index (χ3n) is 5.23. The van der Waals surface area contributed by atoms with Gasteiger partial charge in [-0.15, -0.1) is 0 Å². The molecule has 0 radical (unpaired) electrons. The number of halogens is 1. The van der Waals surface area contributed by atoms with Crippen molar-refractivity contribution < 1.29 is 32.5 Å². The Kier molecular flexibility index (Phi) is 9.81. The summed E-state index contributed by atoms with van der Waals surface area (Å²) in [5, 5.41) is 2.31. The molecule has 35 heavy (non-hydrogen) atoms. The van der Waals surface area contributed by atoms with Crippen molar-refractivity contribution in [1.29, 1.82) is 0 Å². The van der Waals surface area contributed by atoms with Crippen LogP contribution >= 0.6 is 31.2 Å². The maximum Gasteiger partial charge on any atom is 0.475 e. The quantitative estimate of drug-likeness (QED) is 0.306. The van der Waals surface area contributed by atoms with E-state index in [1.807, 2.05) is 32.2 Å². The summed E-state index contributed by atoms with van der Waals surface area (Å²) in [4.78, 5) is 22.5. The molecular formula is C24H29ClNO7PS. The lowest BCUT2D eigenvalue weighted by molar-refractivity contribution is -0.124. The highest BCUT2D eigenvalue weighted by molar-refractivity contribution is 7.99. The standard InChI is InChI=1S/C24H29ClNO7PS/c1-24(2)14-31-34(29,32-15-24)33-21(18-5-4-6-19(25)12-18)13-30-20-9-7-17(8-10-20)11-22(35-3)23(28)26-16-27/h4-10,12,16,21-22H,11,13-15H2,1-3H3,(H,26,27,28). The van der Waals surface area contributed by atoms with Crippen LogP contribution in [0.1, 0.15) is 31.1 Å². The average molecular weight is 542 g/mol. The lowest BCUT2D eigenvalue weighted by atomic mass is 9.97.